The van der Waals surface area contributed by atoms with Crippen molar-refractivity contribution >= 4 is 5.69 Å². The maximum absolute atomic E-state index is 12.5. The number of alkyl halides is 5. The Bertz CT molecular complexity index is 458. The van der Waals surface area contributed by atoms with Gasteiger partial charge in [-0.25, -0.2) is 13.8 Å². The van der Waals surface area contributed by atoms with Crippen molar-refractivity contribution in [3.8, 4) is 0 Å². The predicted molar refractivity (Wildman–Crippen MR) is 45.6 cm³/mol. The Balaban J connectivity index is 3.60. The molecule has 0 saturated heterocycles. The Morgan fingerprint density at radius 1 is 1.41 bits per heavy atom. The molecule has 1 aromatic heterocycles. The Labute approximate surface area is 91.2 Å². The van der Waals surface area contributed by atoms with Gasteiger partial charge in [0.2, 0.25) is 0 Å². The first kappa shape index (κ1) is 13.3. The van der Waals surface area contributed by atoms with Gasteiger partial charge in [0.05, 0.1) is 4.92 Å². The minimum atomic E-state index is -5.08. The zero-order chi connectivity index (χ0) is 13.4. The fraction of sp³-hybridized carbons (Fsp3) is 0.375. The number of rotatable bonds is 2. The van der Waals surface area contributed by atoms with Crippen molar-refractivity contribution in [2.75, 3.05) is 0 Å². The number of hydrogen-bond acceptors (Lipinski definition) is 3. The van der Waals surface area contributed by atoms with Crippen LogP contribution in [-0.4, -0.2) is 9.91 Å². The van der Waals surface area contributed by atoms with E-state index in [9.17, 15) is 32.1 Å². The zero-order valence-electron chi connectivity index (χ0n) is 8.26. The summed E-state index contributed by atoms with van der Waals surface area (Å²) in [5.41, 5.74) is -5.06. The fourth-order valence-electron chi connectivity index (χ4n) is 1.33. The minimum absolute atomic E-state index is 0.192. The molecule has 0 atom stereocenters. The maximum Gasteiger partial charge on any atom is 0.423 e. The molecule has 0 unspecified atom stereocenters. The van der Waals surface area contributed by atoms with Crippen molar-refractivity contribution in [1.82, 2.24) is 4.98 Å². The van der Waals surface area contributed by atoms with Crippen LogP contribution in [0.25, 0.3) is 0 Å². The molecule has 0 aliphatic carbocycles. The van der Waals surface area contributed by atoms with Crippen LogP contribution in [0.2, 0.25) is 0 Å². The molecule has 0 aliphatic rings. The van der Waals surface area contributed by atoms with Crippen LogP contribution in [0.4, 0.5) is 27.6 Å². The lowest BCUT2D eigenvalue weighted by Gasteiger charge is -2.12. The third-order valence-corrected chi connectivity index (χ3v) is 2.03. The van der Waals surface area contributed by atoms with Gasteiger partial charge in [-0.2, -0.15) is 13.2 Å². The van der Waals surface area contributed by atoms with E-state index < -0.39 is 40.0 Å². The molecule has 1 aromatic rings. The lowest BCUT2D eigenvalue weighted by molar-refractivity contribution is -0.388. The Morgan fingerprint density at radius 2 is 1.94 bits per heavy atom. The van der Waals surface area contributed by atoms with E-state index in [1.807, 2.05) is 0 Å². The van der Waals surface area contributed by atoms with Gasteiger partial charge in [-0.3, -0.25) is 10.1 Å². The highest BCUT2D eigenvalue weighted by Crippen LogP contribution is 2.40. The van der Waals surface area contributed by atoms with E-state index in [0.717, 1.165) is 6.92 Å². The smallest absolute Gasteiger partial charge is 0.258 e. The Morgan fingerprint density at radius 3 is 2.29 bits per heavy atom. The van der Waals surface area contributed by atoms with Crippen LogP contribution in [0, 0.1) is 17.0 Å². The molecule has 17 heavy (non-hydrogen) atoms. The summed E-state index contributed by atoms with van der Waals surface area (Å²) in [4.78, 5) is 12.1. The van der Waals surface area contributed by atoms with Crippen molar-refractivity contribution in [1.29, 1.82) is 0 Å². The van der Waals surface area contributed by atoms with Gasteiger partial charge in [0, 0.05) is 0 Å². The quantitative estimate of drug-likeness (QED) is 0.463. The first-order chi connectivity index (χ1) is 7.66. The van der Waals surface area contributed by atoms with Crippen molar-refractivity contribution in [3.05, 3.63) is 33.1 Å². The van der Waals surface area contributed by atoms with Crippen LogP contribution < -0.4 is 0 Å². The number of halogens is 5. The van der Waals surface area contributed by atoms with Crippen molar-refractivity contribution < 1.29 is 26.9 Å². The summed E-state index contributed by atoms with van der Waals surface area (Å²) in [6, 6.07) is 0. The van der Waals surface area contributed by atoms with E-state index in [-0.39, 0.29) is 6.20 Å². The van der Waals surface area contributed by atoms with Gasteiger partial charge in [0.25, 0.3) is 12.1 Å². The number of nitro groups is 1. The molecule has 9 heteroatoms. The van der Waals surface area contributed by atoms with Gasteiger partial charge in [-0.1, -0.05) is 0 Å². The topological polar surface area (TPSA) is 56.0 Å². The highest BCUT2D eigenvalue weighted by molar-refractivity contribution is 5.47. The average Bonchev–Trinajstić information content (AvgIpc) is 2.14. The van der Waals surface area contributed by atoms with Crippen LogP contribution in [0.5, 0.6) is 0 Å². The molecule has 0 fully saturated rings. The van der Waals surface area contributed by atoms with Gasteiger partial charge in [0.1, 0.15) is 17.5 Å². The fourth-order valence-corrected chi connectivity index (χ4v) is 1.33. The average molecular weight is 256 g/mol. The van der Waals surface area contributed by atoms with Gasteiger partial charge in [-0.15, -0.1) is 0 Å². The number of hydrogen-bond donors (Lipinski definition) is 0. The Hall–Kier alpha value is -1.80. The highest BCUT2D eigenvalue weighted by atomic mass is 19.4. The van der Waals surface area contributed by atoms with E-state index in [0.29, 0.717) is 0 Å². The van der Waals surface area contributed by atoms with Crippen LogP contribution in [0.1, 0.15) is 23.2 Å². The third-order valence-electron chi connectivity index (χ3n) is 2.03. The lowest BCUT2D eigenvalue weighted by atomic mass is 10.1. The molecular weight excluding hydrogens is 251 g/mol. The molecule has 0 spiro atoms. The van der Waals surface area contributed by atoms with E-state index in [2.05, 4.69) is 4.98 Å². The first-order valence-corrected chi connectivity index (χ1v) is 4.15. The SMILES string of the molecule is Cc1c(C(F)F)ncc([N+](=O)[O-])c1C(F)(F)F. The summed E-state index contributed by atoms with van der Waals surface area (Å²) < 4.78 is 62.3. The largest absolute Gasteiger partial charge is 0.423 e. The molecule has 0 aromatic carbocycles. The van der Waals surface area contributed by atoms with Crippen LogP contribution in [0.15, 0.2) is 6.20 Å². The summed E-state index contributed by atoms with van der Waals surface area (Å²) in [5, 5.41) is 10.4. The van der Waals surface area contributed by atoms with E-state index in [4.69, 9.17) is 0 Å². The molecule has 0 bridgehead atoms. The van der Waals surface area contributed by atoms with Crippen LogP contribution >= 0.6 is 0 Å². The van der Waals surface area contributed by atoms with E-state index >= 15 is 0 Å². The summed E-state index contributed by atoms with van der Waals surface area (Å²) in [5.74, 6) is 0. The number of pyridine rings is 1. The van der Waals surface area contributed by atoms with E-state index in [1.165, 1.54) is 0 Å². The molecule has 0 amide bonds. The van der Waals surface area contributed by atoms with Gasteiger partial charge < -0.3 is 0 Å². The van der Waals surface area contributed by atoms with Crippen molar-refractivity contribution in [3.63, 3.8) is 0 Å². The third kappa shape index (κ3) is 2.48. The summed E-state index contributed by atoms with van der Waals surface area (Å²) >= 11 is 0. The molecular formula is C8H5F5N2O2. The monoisotopic (exact) mass is 256 g/mol. The van der Waals surface area contributed by atoms with Crippen LogP contribution in [-0.2, 0) is 6.18 Å². The molecule has 4 nitrogen and oxygen atoms in total. The van der Waals surface area contributed by atoms with E-state index in [1.54, 1.807) is 0 Å². The summed E-state index contributed by atoms with van der Waals surface area (Å²) in [6.07, 6.45) is -8.12. The molecule has 1 heterocycles. The second-order valence-electron chi connectivity index (χ2n) is 3.08. The highest BCUT2D eigenvalue weighted by Gasteiger charge is 2.42. The summed E-state index contributed by atoms with van der Waals surface area (Å²) in [7, 11) is 0. The molecule has 0 radical (unpaired) electrons. The minimum Gasteiger partial charge on any atom is -0.258 e. The normalized spacial score (nSPS) is 11.9. The van der Waals surface area contributed by atoms with Gasteiger partial charge >= 0.3 is 6.18 Å². The van der Waals surface area contributed by atoms with Gasteiger partial charge in [0.15, 0.2) is 0 Å². The Kier molecular flexibility index (Phi) is 3.30. The first-order valence-electron chi connectivity index (χ1n) is 4.15. The van der Waals surface area contributed by atoms with Crippen LogP contribution in [0.3, 0.4) is 0 Å². The molecule has 0 aliphatic heterocycles. The second kappa shape index (κ2) is 4.22. The van der Waals surface area contributed by atoms with Crippen molar-refractivity contribution in [2.24, 2.45) is 0 Å². The van der Waals surface area contributed by atoms with Crippen molar-refractivity contribution in [2.45, 2.75) is 19.5 Å². The predicted octanol–water partition coefficient (Wildman–Crippen LogP) is 3.25. The number of nitrogens with zero attached hydrogens (tertiary/aromatic N) is 2. The lowest BCUT2D eigenvalue weighted by Crippen LogP contribution is -2.14. The maximum atomic E-state index is 12.5. The van der Waals surface area contributed by atoms with Gasteiger partial charge in [-0.05, 0) is 12.5 Å². The number of aromatic nitrogens is 1. The molecule has 0 saturated carbocycles. The molecule has 0 N–H and O–H groups in total. The summed E-state index contributed by atoms with van der Waals surface area (Å²) in [6.45, 7) is 0.727. The molecule has 94 valence electrons. The second-order valence-corrected chi connectivity index (χ2v) is 3.08. The molecule has 1 rings (SSSR count). The zero-order valence-corrected chi connectivity index (χ0v) is 8.26. The standard InChI is InChI=1S/C8H5F5N2O2/c1-3-5(8(11,12)13)4(15(16)17)2-14-6(3)7(9)10/h2,7H,1H3.